The molecule has 10 heteroatoms. The highest BCUT2D eigenvalue weighted by molar-refractivity contribution is 7.90. The van der Waals surface area contributed by atoms with Crippen LogP contribution in [0.15, 0.2) is 27.6 Å². The molecule has 3 atom stereocenters. The Morgan fingerprint density at radius 1 is 1.29 bits per heavy atom. The predicted molar refractivity (Wildman–Crippen MR) is 124 cm³/mol. The van der Waals surface area contributed by atoms with Crippen LogP contribution in [-0.2, 0) is 21.1 Å². The summed E-state index contributed by atoms with van der Waals surface area (Å²) in [6, 6.07) is 4.28. The van der Waals surface area contributed by atoms with Gasteiger partial charge in [-0.2, -0.15) is 4.98 Å². The molecule has 1 unspecified atom stereocenters. The van der Waals surface area contributed by atoms with Crippen LogP contribution in [0.2, 0.25) is 0 Å². The Bertz CT molecular complexity index is 1120. The first-order chi connectivity index (χ1) is 16.2. The zero-order chi connectivity index (χ0) is 24.3. The van der Waals surface area contributed by atoms with Gasteiger partial charge in [-0.05, 0) is 81.4 Å². The molecule has 1 aliphatic carbocycles. The Morgan fingerprint density at radius 2 is 2.12 bits per heavy atom. The van der Waals surface area contributed by atoms with Crippen LogP contribution in [0.25, 0.3) is 0 Å². The number of carbonyl (C=O) groups is 1. The molecule has 1 aromatic heterocycles. The lowest BCUT2D eigenvalue weighted by Gasteiger charge is -2.17. The summed E-state index contributed by atoms with van der Waals surface area (Å²) in [4.78, 5) is 17.7. The molecule has 1 saturated carbocycles. The number of anilines is 1. The van der Waals surface area contributed by atoms with Crippen LogP contribution in [0.5, 0.6) is 5.75 Å². The number of aromatic nitrogens is 2. The number of ether oxygens (including phenoxy) is 1. The Labute approximate surface area is 199 Å². The number of carbonyl (C=O) groups excluding carboxylic acids is 1. The van der Waals surface area contributed by atoms with E-state index in [4.69, 9.17) is 9.26 Å². The van der Waals surface area contributed by atoms with Gasteiger partial charge in [0.2, 0.25) is 0 Å². The average Bonchev–Trinajstić information content (AvgIpc) is 3.46. The number of hydrogen-bond donors (Lipinski definition) is 0. The normalized spacial score (nSPS) is 22.9. The second-order valence-corrected chi connectivity index (χ2v) is 11.6. The number of rotatable bonds is 10. The summed E-state index contributed by atoms with van der Waals surface area (Å²) in [7, 11) is -3.44. The van der Waals surface area contributed by atoms with Crippen molar-refractivity contribution < 1.29 is 26.9 Å². The molecule has 2 aliphatic rings. The Kier molecular flexibility index (Phi) is 7.54. The van der Waals surface area contributed by atoms with Crippen LogP contribution in [-0.4, -0.2) is 50.3 Å². The maximum absolute atomic E-state index is 14.1. The summed E-state index contributed by atoms with van der Waals surface area (Å²) in [5.74, 6) is 1.99. The van der Waals surface area contributed by atoms with Crippen molar-refractivity contribution in [3.05, 3.63) is 29.8 Å². The third-order valence-corrected chi connectivity index (χ3v) is 7.91. The first kappa shape index (κ1) is 24.6. The van der Waals surface area contributed by atoms with Crippen molar-refractivity contribution >= 4 is 21.6 Å². The van der Waals surface area contributed by atoms with Crippen molar-refractivity contribution in [3.8, 4) is 5.75 Å². The molecule has 4 rings (SSSR count). The molecule has 0 spiro atoms. The zero-order valence-corrected chi connectivity index (χ0v) is 20.5. The fourth-order valence-corrected chi connectivity index (χ4v) is 5.58. The van der Waals surface area contributed by atoms with Crippen molar-refractivity contribution in [2.24, 2.45) is 17.8 Å². The second kappa shape index (κ2) is 10.4. The molecular formula is C24H32FN3O5S. The van der Waals surface area contributed by atoms with Gasteiger partial charge in [0.15, 0.2) is 27.2 Å². The van der Waals surface area contributed by atoms with Gasteiger partial charge in [-0.1, -0.05) is 5.16 Å². The fraction of sp³-hybridized carbons (Fsp3) is 0.625. The van der Waals surface area contributed by atoms with Gasteiger partial charge in [-0.25, -0.2) is 12.8 Å². The molecule has 0 amide bonds. The van der Waals surface area contributed by atoms with Crippen LogP contribution in [0.1, 0.15) is 51.3 Å². The van der Waals surface area contributed by atoms with E-state index >= 15 is 0 Å². The van der Waals surface area contributed by atoms with Gasteiger partial charge in [0.1, 0.15) is 5.78 Å². The minimum atomic E-state index is -3.44. The molecule has 186 valence electrons. The maximum atomic E-state index is 14.1. The van der Waals surface area contributed by atoms with E-state index in [2.05, 4.69) is 15.0 Å². The number of Topliss-reactive ketones (excluding diaryl/α,β-unsaturated/α-hetero) is 1. The number of benzene rings is 1. The number of nitrogens with zero attached hydrogens (tertiary/aromatic N) is 3. The molecule has 2 aromatic rings. The molecular weight excluding hydrogens is 461 g/mol. The molecule has 1 saturated heterocycles. The summed E-state index contributed by atoms with van der Waals surface area (Å²) in [5, 5.41) is 3.91. The standard InChI is InChI=1S/C24H32FN3O5S/c1-16(29)13-23-26-24(33-27-23)28-10-3-5-17(9-11-28)20-14-18(20)6-4-12-32-22-8-7-19(15-21(22)25)34(2,30)31/h7-8,15,17-18,20H,3-6,9-14H2,1-2H3/t17?,18-,20-/m1/s1. The van der Waals surface area contributed by atoms with Gasteiger partial charge in [0.05, 0.1) is 17.9 Å². The highest BCUT2D eigenvalue weighted by atomic mass is 32.2. The van der Waals surface area contributed by atoms with Crippen molar-refractivity contribution in [3.63, 3.8) is 0 Å². The molecule has 1 aromatic carbocycles. The van der Waals surface area contributed by atoms with E-state index in [1.165, 1.54) is 31.9 Å². The lowest BCUT2D eigenvalue weighted by Crippen LogP contribution is -2.24. The van der Waals surface area contributed by atoms with Gasteiger partial charge in [-0.3, -0.25) is 4.79 Å². The number of halogens is 1. The molecule has 34 heavy (non-hydrogen) atoms. The SMILES string of the molecule is CC(=O)Cc1noc(N2CCCC([C@H]3C[C@H]3CCCOc3ccc(S(C)(=O)=O)cc3F)CC2)n1. The van der Waals surface area contributed by atoms with Gasteiger partial charge >= 0.3 is 6.01 Å². The van der Waals surface area contributed by atoms with Gasteiger partial charge < -0.3 is 14.2 Å². The van der Waals surface area contributed by atoms with Gasteiger partial charge in [0.25, 0.3) is 0 Å². The summed E-state index contributed by atoms with van der Waals surface area (Å²) in [6.07, 6.45) is 7.71. The van der Waals surface area contributed by atoms with Crippen LogP contribution in [0.4, 0.5) is 10.4 Å². The van der Waals surface area contributed by atoms with Crippen LogP contribution in [0, 0.1) is 23.6 Å². The Balaban J connectivity index is 1.18. The highest BCUT2D eigenvalue weighted by Crippen LogP contribution is 2.50. The summed E-state index contributed by atoms with van der Waals surface area (Å²) >= 11 is 0. The minimum Gasteiger partial charge on any atom is -0.491 e. The first-order valence-electron chi connectivity index (χ1n) is 11.9. The molecule has 0 N–H and O–H groups in total. The summed E-state index contributed by atoms with van der Waals surface area (Å²) < 4.78 is 48.1. The number of sulfone groups is 1. The minimum absolute atomic E-state index is 0.0171. The lowest BCUT2D eigenvalue weighted by molar-refractivity contribution is -0.116. The van der Waals surface area contributed by atoms with E-state index in [9.17, 15) is 17.6 Å². The third-order valence-electron chi connectivity index (χ3n) is 6.80. The van der Waals surface area contributed by atoms with E-state index in [0.29, 0.717) is 30.3 Å². The maximum Gasteiger partial charge on any atom is 0.324 e. The van der Waals surface area contributed by atoms with Crippen LogP contribution >= 0.6 is 0 Å². The van der Waals surface area contributed by atoms with E-state index in [0.717, 1.165) is 57.0 Å². The second-order valence-electron chi connectivity index (χ2n) is 9.56. The number of hydrogen-bond acceptors (Lipinski definition) is 8. The highest BCUT2D eigenvalue weighted by Gasteiger charge is 2.42. The predicted octanol–water partition coefficient (Wildman–Crippen LogP) is 3.85. The van der Waals surface area contributed by atoms with E-state index in [1.54, 1.807) is 0 Å². The van der Waals surface area contributed by atoms with Crippen molar-refractivity contribution in [2.45, 2.75) is 56.8 Å². The molecule has 0 bridgehead atoms. The molecule has 1 aliphatic heterocycles. The van der Waals surface area contributed by atoms with E-state index in [1.807, 2.05) is 0 Å². The summed E-state index contributed by atoms with van der Waals surface area (Å²) in [6.45, 7) is 3.69. The third kappa shape index (κ3) is 6.34. The molecule has 2 heterocycles. The smallest absolute Gasteiger partial charge is 0.324 e. The topological polar surface area (TPSA) is 103 Å². The lowest BCUT2D eigenvalue weighted by atomic mass is 9.93. The first-order valence-corrected chi connectivity index (χ1v) is 13.8. The number of ketones is 1. The van der Waals surface area contributed by atoms with E-state index in [-0.39, 0.29) is 22.8 Å². The van der Waals surface area contributed by atoms with Crippen molar-refractivity contribution in [1.29, 1.82) is 0 Å². The zero-order valence-electron chi connectivity index (χ0n) is 19.7. The van der Waals surface area contributed by atoms with Crippen molar-refractivity contribution in [2.75, 3.05) is 30.9 Å². The molecule has 0 radical (unpaired) electrons. The Hall–Kier alpha value is -2.49. The Morgan fingerprint density at radius 3 is 2.85 bits per heavy atom. The quantitative estimate of drug-likeness (QED) is 0.460. The van der Waals surface area contributed by atoms with Gasteiger partial charge in [-0.15, -0.1) is 0 Å². The monoisotopic (exact) mass is 493 g/mol. The average molecular weight is 494 g/mol. The van der Waals surface area contributed by atoms with E-state index < -0.39 is 15.7 Å². The van der Waals surface area contributed by atoms with Crippen molar-refractivity contribution in [1.82, 2.24) is 10.1 Å². The molecule has 8 nitrogen and oxygen atoms in total. The largest absolute Gasteiger partial charge is 0.491 e. The summed E-state index contributed by atoms with van der Waals surface area (Å²) in [5.41, 5.74) is 0. The van der Waals surface area contributed by atoms with Crippen LogP contribution in [0.3, 0.4) is 0 Å². The van der Waals surface area contributed by atoms with Crippen LogP contribution < -0.4 is 9.64 Å². The molecule has 2 fully saturated rings. The fourth-order valence-electron chi connectivity index (χ4n) is 4.95. The van der Waals surface area contributed by atoms with Gasteiger partial charge in [0, 0.05) is 19.3 Å².